The van der Waals surface area contributed by atoms with Crippen molar-refractivity contribution in [3.8, 4) is 6.07 Å². The first-order chi connectivity index (χ1) is 9.58. The summed E-state index contributed by atoms with van der Waals surface area (Å²) in [6.45, 7) is 4.53. The fourth-order valence-corrected chi connectivity index (χ4v) is 1.69. The average Bonchev–Trinajstić information content (AvgIpc) is 2.43. The maximum atomic E-state index is 11.8. The molecule has 20 heavy (non-hydrogen) atoms. The lowest BCUT2D eigenvalue weighted by Gasteiger charge is -2.07. The molecule has 0 fully saturated rings. The van der Waals surface area contributed by atoms with Gasteiger partial charge in [-0.15, -0.1) is 0 Å². The van der Waals surface area contributed by atoms with E-state index in [2.05, 4.69) is 10.6 Å². The number of nitriles is 1. The number of anilines is 1. The minimum atomic E-state index is -0.367. The molecule has 0 bridgehead atoms. The summed E-state index contributed by atoms with van der Waals surface area (Å²) in [4.78, 5) is 11.8. The van der Waals surface area contributed by atoms with Crippen molar-refractivity contribution in [3.63, 3.8) is 0 Å². The third kappa shape index (κ3) is 4.94. The molecule has 0 aliphatic rings. The predicted molar refractivity (Wildman–Crippen MR) is 81.4 cm³/mol. The van der Waals surface area contributed by atoms with Gasteiger partial charge < -0.3 is 10.6 Å². The lowest BCUT2D eigenvalue weighted by atomic mass is 10.2. The fourth-order valence-electron chi connectivity index (χ4n) is 1.52. The molecule has 2 N–H and O–H groups in total. The number of hydrogen-bond donors (Lipinski definition) is 2. The smallest absolute Gasteiger partial charge is 0.263 e. The molecule has 0 saturated heterocycles. The van der Waals surface area contributed by atoms with Gasteiger partial charge in [-0.2, -0.15) is 5.26 Å². The monoisotopic (exact) mass is 291 g/mol. The van der Waals surface area contributed by atoms with Gasteiger partial charge >= 0.3 is 0 Å². The van der Waals surface area contributed by atoms with Crippen molar-refractivity contribution in [3.05, 3.63) is 40.6 Å². The van der Waals surface area contributed by atoms with E-state index in [1.165, 1.54) is 6.20 Å². The first-order valence-electron chi connectivity index (χ1n) is 6.49. The Balaban J connectivity index is 2.73. The third-order valence-corrected chi connectivity index (χ3v) is 2.99. The van der Waals surface area contributed by atoms with E-state index < -0.39 is 0 Å². The number of nitrogens with zero attached hydrogens (tertiary/aromatic N) is 1. The topological polar surface area (TPSA) is 64.9 Å². The molecule has 0 heterocycles. The fraction of sp³-hybridized carbons (Fsp3) is 0.333. The number of carbonyl (C=O) groups is 1. The largest absolute Gasteiger partial charge is 0.360 e. The van der Waals surface area contributed by atoms with Crippen molar-refractivity contribution < 1.29 is 4.79 Å². The summed E-state index contributed by atoms with van der Waals surface area (Å²) < 4.78 is 0. The Hall–Kier alpha value is -1.99. The van der Waals surface area contributed by atoms with Gasteiger partial charge in [0, 0.05) is 23.5 Å². The van der Waals surface area contributed by atoms with Crippen molar-refractivity contribution in [1.82, 2.24) is 5.32 Å². The molecule has 0 aliphatic carbocycles. The van der Waals surface area contributed by atoms with Crippen LogP contribution in [0.15, 0.2) is 30.0 Å². The van der Waals surface area contributed by atoms with Crippen molar-refractivity contribution in [2.45, 2.75) is 26.7 Å². The van der Waals surface area contributed by atoms with E-state index >= 15 is 0 Å². The number of rotatable bonds is 6. The van der Waals surface area contributed by atoms with E-state index in [0.29, 0.717) is 11.6 Å². The Morgan fingerprint density at radius 3 is 2.90 bits per heavy atom. The van der Waals surface area contributed by atoms with Gasteiger partial charge in [0.1, 0.15) is 11.6 Å². The van der Waals surface area contributed by atoms with E-state index in [-0.39, 0.29) is 11.5 Å². The summed E-state index contributed by atoms with van der Waals surface area (Å²) in [7, 11) is 0. The van der Waals surface area contributed by atoms with Gasteiger partial charge in [-0.05, 0) is 31.0 Å². The zero-order valence-corrected chi connectivity index (χ0v) is 12.4. The highest BCUT2D eigenvalue weighted by atomic mass is 35.5. The van der Waals surface area contributed by atoms with Crippen LogP contribution in [-0.4, -0.2) is 12.5 Å². The van der Waals surface area contributed by atoms with Crippen LogP contribution in [0.3, 0.4) is 0 Å². The zero-order chi connectivity index (χ0) is 15.0. The van der Waals surface area contributed by atoms with Gasteiger partial charge in [0.15, 0.2) is 0 Å². The molecule has 0 radical (unpaired) electrons. The maximum Gasteiger partial charge on any atom is 0.263 e. The first-order valence-corrected chi connectivity index (χ1v) is 6.87. The van der Waals surface area contributed by atoms with Crippen LogP contribution >= 0.6 is 11.6 Å². The predicted octanol–water partition coefficient (Wildman–Crippen LogP) is 3.38. The summed E-state index contributed by atoms with van der Waals surface area (Å²) >= 11 is 5.91. The van der Waals surface area contributed by atoms with E-state index in [0.717, 1.165) is 24.1 Å². The SMILES string of the molecule is CCCCNC(=O)/C(C#N)=C\Nc1cc(Cl)ccc1C. The van der Waals surface area contributed by atoms with Crippen LogP contribution in [0.5, 0.6) is 0 Å². The molecule has 1 aromatic carbocycles. The highest BCUT2D eigenvalue weighted by Crippen LogP contribution is 2.20. The van der Waals surface area contributed by atoms with Crippen LogP contribution in [-0.2, 0) is 4.79 Å². The van der Waals surface area contributed by atoms with Crippen molar-refractivity contribution in [2.24, 2.45) is 0 Å². The van der Waals surface area contributed by atoms with Crippen LogP contribution in [0.2, 0.25) is 5.02 Å². The minimum Gasteiger partial charge on any atom is -0.360 e. The Morgan fingerprint density at radius 1 is 1.50 bits per heavy atom. The van der Waals surface area contributed by atoms with Gasteiger partial charge in [-0.1, -0.05) is 31.0 Å². The number of unbranched alkanes of at least 4 members (excludes halogenated alkanes) is 1. The molecule has 106 valence electrons. The van der Waals surface area contributed by atoms with Crippen molar-refractivity contribution in [2.75, 3.05) is 11.9 Å². The molecule has 0 unspecified atom stereocenters. The molecule has 1 rings (SSSR count). The second kappa shape index (κ2) is 8.23. The summed E-state index contributed by atoms with van der Waals surface area (Å²) in [5, 5.41) is 15.3. The lowest BCUT2D eigenvalue weighted by molar-refractivity contribution is -0.117. The van der Waals surface area contributed by atoms with Crippen LogP contribution < -0.4 is 10.6 Å². The molecule has 0 atom stereocenters. The number of amides is 1. The number of nitrogens with one attached hydrogen (secondary N) is 2. The quantitative estimate of drug-likeness (QED) is 0.480. The summed E-state index contributed by atoms with van der Waals surface area (Å²) in [5.41, 5.74) is 1.79. The van der Waals surface area contributed by atoms with Gasteiger partial charge in [0.2, 0.25) is 0 Å². The highest BCUT2D eigenvalue weighted by Gasteiger charge is 2.08. The van der Waals surface area contributed by atoms with Gasteiger partial charge in [0.25, 0.3) is 5.91 Å². The number of carbonyl (C=O) groups excluding carboxylic acids is 1. The number of halogens is 1. The van der Waals surface area contributed by atoms with E-state index in [1.807, 2.05) is 26.0 Å². The third-order valence-electron chi connectivity index (χ3n) is 2.75. The second-order valence-electron chi connectivity index (χ2n) is 4.38. The number of aryl methyl sites for hydroxylation is 1. The van der Waals surface area contributed by atoms with Gasteiger partial charge in [-0.25, -0.2) is 0 Å². The molecular weight excluding hydrogens is 274 g/mol. The zero-order valence-electron chi connectivity index (χ0n) is 11.7. The number of hydrogen-bond acceptors (Lipinski definition) is 3. The summed E-state index contributed by atoms with van der Waals surface area (Å²) in [5.74, 6) is -0.367. The Bertz CT molecular complexity index is 547. The van der Waals surface area contributed by atoms with E-state index in [4.69, 9.17) is 16.9 Å². The van der Waals surface area contributed by atoms with Crippen molar-refractivity contribution >= 4 is 23.2 Å². The maximum absolute atomic E-state index is 11.8. The van der Waals surface area contributed by atoms with E-state index in [9.17, 15) is 4.79 Å². The van der Waals surface area contributed by atoms with Crippen LogP contribution in [0, 0.1) is 18.3 Å². The Morgan fingerprint density at radius 2 is 2.25 bits per heavy atom. The molecule has 1 amide bonds. The second-order valence-corrected chi connectivity index (χ2v) is 4.82. The minimum absolute atomic E-state index is 0.0421. The molecule has 5 heteroatoms. The standard InChI is InChI=1S/C15H18ClN3O/c1-3-4-7-18-15(20)12(9-17)10-19-14-8-13(16)6-5-11(14)2/h5-6,8,10,19H,3-4,7H2,1-2H3,(H,18,20)/b12-10-. The van der Waals surface area contributed by atoms with Crippen LogP contribution in [0.4, 0.5) is 5.69 Å². The van der Waals surface area contributed by atoms with E-state index in [1.54, 1.807) is 12.1 Å². The molecule has 0 aliphatic heterocycles. The molecule has 4 nitrogen and oxygen atoms in total. The van der Waals surface area contributed by atoms with Crippen LogP contribution in [0.25, 0.3) is 0 Å². The summed E-state index contributed by atoms with van der Waals surface area (Å²) in [6, 6.07) is 7.29. The molecule has 1 aromatic rings. The molecular formula is C15H18ClN3O. The average molecular weight is 292 g/mol. The molecule has 0 saturated carbocycles. The Labute approximate surface area is 124 Å². The van der Waals surface area contributed by atoms with Crippen LogP contribution in [0.1, 0.15) is 25.3 Å². The van der Waals surface area contributed by atoms with Gasteiger partial charge in [0.05, 0.1) is 0 Å². The summed E-state index contributed by atoms with van der Waals surface area (Å²) in [6.07, 6.45) is 3.29. The van der Waals surface area contributed by atoms with Crippen molar-refractivity contribution in [1.29, 1.82) is 5.26 Å². The first kappa shape index (κ1) is 16.1. The highest BCUT2D eigenvalue weighted by molar-refractivity contribution is 6.30. The van der Waals surface area contributed by atoms with Gasteiger partial charge in [-0.3, -0.25) is 4.79 Å². The number of benzene rings is 1. The normalized spacial score (nSPS) is 10.8. The molecule has 0 spiro atoms. The lowest BCUT2D eigenvalue weighted by Crippen LogP contribution is -2.25. The Kier molecular flexibility index (Phi) is 6.61. The molecule has 0 aromatic heterocycles.